The van der Waals surface area contributed by atoms with Crippen molar-refractivity contribution in [2.24, 2.45) is 0 Å². The molecule has 0 aliphatic carbocycles. The van der Waals surface area contributed by atoms with Gasteiger partial charge in [0, 0.05) is 15.6 Å². The summed E-state index contributed by atoms with van der Waals surface area (Å²) in [7, 11) is 0. The molecule has 2 aromatic rings. The Balaban J connectivity index is 2.51. The highest BCUT2D eigenvalue weighted by molar-refractivity contribution is 9.10. The van der Waals surface area contributed by atoms with Gasteiger partial charge < -0.3 is 4.74 Å². The second-order valence-corrected chi connectivity index (χ2v) is 6.22. The molecule has 1 aromatic carbocycles. The number of carbonyl (C=O) groups excluding carboxylic acids is 1. The van der Waals surface area contributed by atoms with Crippen LogP contribution in [-0.2, 0) is 4.74 Å². The molecule has 0 spiro atoms. The lowest BCUT2D eigenvalue weighted by Crippen LogP contribution is -2.27. The van der Waals surface area contributed by atoms with Crippen LogP contribution in [0.25, 0.3) is 10.9 Å². The van der Waals surface area contributed by atoms with Gasteiger partial charge in [-0.25, -0.2) is 9.36 Å². The van der Waals surface area contributed by atoms with E-state index in [4.69, 9.17) is 4.74 Å². The number of aromatic nitrogens is 1. The van der Waals surface area contributed by atoms with E-state index in [0.29, 0.717) is 0 Å². The van der Waals surface area contributed by atoms with Gasteiger partial charge in [-0.3, -0.25) is 0 Å². The van der Waals surface area contributed by atoms with Crippen molar-refractivity contribution in [1.29, 1.82) is 0 Å². The zero-order chi connectivity index (χ0) is 13.5. The Kier molecular flexibility index (Phi) is 3.23. The number of fused-ring (bicyclic) bond motifs is 1. The van der Waals surface area contributed by atoms with Crippen molar-refractivity contribution in [1.82, 2.24) is 4.57 Å². The summed E-state index contributed by atoms with van der Waals surface area (Å²) in [6, 6.07) is 7.80. The summed E-state index contributed by atoms with van der Waals surface area (Å²) in [5.41, 5.74) is 1.25. The fourth-order valence-electron chi connectivity index (χ4n) is 1.87. The third-order valence-electron chi connectivity index (χ3n) is 2.52. The highest BCUT2D eigenvalue weighted by atomic mass is 79.9. The Morgan fingerprint density at radius 2 is 1.94 bits per heavy atom. The Morgan fingerprint density at radius 1 is 1.28 bits per heavy atom. The number of benzene rings is 1. The van der Waals surface area contributed by atoms with Gasteiger partial charge in [0.05, 0.1) is 5.52 Å². The Morgan fingerprint density at radius 3 is 2.56 bits per heavy atom. The van der Waals surface area contributed by atoms with Crippen molar-refractivity contribution in [3.05, 3.63) is 34.4 Å². The first kappa shape index (κ1) is 13.1. The quantitative estimate of drug-likeness (QED) is 0.717. The molecule has 0 bridgehead atoms. The van der Waals surface area contributed by atoms with Crippen molar-refractivity contribution in [3.63, 3.8) is 0 Å². The summed E-state index contributed by atoms with van der Waals surface area (Å²) >= 11 is 3.43. The van der Waals surface area contributed by atoms with E-state index >= 15 is 0 Å². The van der Waals surface area contributed by atoms with Crippen LogP contribution >= 0.6 is 15.9 Å². The zero-order valence-corrected chi connectivity index (χ0v) is 12.5. The first-order valence-corrected chi connectivity index (χ1v) is 6.58. The molecule has 0 saturated heterocycles. The third-order valence-corrected chi connectivity index (χ3v) is 3.02. The van der Waals surface area contributed by atoms with Gasteiger partial charge >= 0.3 is 6.09 Å². The van der Waals surface area contributed by atoms with Crippen LogP contribution in [0.4, 0.5) is 4.79 Å². The first-order valence-electron chi connectivity index (χ1n) is 5.79. The largest absolute Gasteiger partial charge is 0.443 e. The van der Waals surface area contributed by atoms with Gasteiger partial charge in [0.25, 0.3) is 0 Å². The van der Waals surface area contributed by atoms with E-state index in [9.17, 15) is 4.79 Å². The molecule has 0 unspecified atom stereocenters. The highest BCUT2D eigenvalue weighted by Gasteiger charge is 2.20. The van der Waals surface area contributed by atoms with Gasteiger partial charge in [-0.1, -0.05) is 15.9 Å². The smallest absolute Gasteiger partial charge is 0.419 e. The lowest BCUT2D eigenvalue weighted by Gasteiger charge is -2.20. The highest BCUT2D eigenvalue weighted by Crippen LogP contribution is 2.24. The second-order valence-electron chi connectivity index (χ2n) is 5.30. The van der Waals surface area contributed by atoms with Crippen LogP contribution < -0.4 is 0 Å². The molecule has 0 N–H and O–H groups in total. The lowest BCUT2D eigenvalue weighted by molar-refractivity contribution is 0.0542. The summed E-state index contributed by atoms with van der Waals surface area (Å²) in [5, 5.41) is 1.02. The fourth-order valence-corrected chi connectivity index (χ4v) is 2.25. The van der Waals surface area contributed by atoms with Crippen LogP contribution in [0.1, 0.15) is 26.5 Å². The van der Waals surface area contributed by atoms with Crippen molar-refractivity contribution in [3.8, 4) is 0 Å². The van der Waals surface area contributed by atoms with Crippen LogP contribution in [0, 0.1) is 6.92 Å². The molecule has 18 heavy (non-hydrogen) atoms. The summed E-state index contributed by atoms with van der Waals surface area (Å²) in [6.45, 7) is 7.49. The summed E-state index contributed by atoms with van der Waals surface area (Å²) in [5.74, 6) is 0. The van der Waals surface area contributed by atoms with Gasteiger partial charge in [0.2, 0.25) is 0 Å². The van der Waals surface area contributed by atoms with Crippen molar-refractivity contribution in [2.45, 2.75) is 33.3 Å². The van der Waals surface area contributed by atoms with Crippen LogP contribution in [-0.4, -0.2) is 16.3 Å². The number of carbonyl (C=O) groups is 1. The number of rotatable bonds is 0. The van der Waals surface area contributed by atoms with Crippen molar-refractivity contribution in [2.75, 3.05) is 0 Å². The molecule has 0 saturated carbocycles. The van der Waals surface area contributed by atoms with Gasteiger partial charge in [0.15, 0.2) is 0 Å². The monoisotopic (exact) mass is 309 g/mol. The van der Waals surface area contributed by atoms with E-state index in [1.54, 1.807) is 4.57 Å². The van der Waals surface area contributed by atoms with Crippen LogP contribution in [0.15, 0.2) is 28.7 Å². The van der Waals surface area contributed by atoms with Gasteiger partial charge in [-0.15, -0.1) is 0 Å². The summed E-state index contributed by atoms with van der Waals surface area (Å²) in [6.07, 6.45) is -0.336. The summed E-state index contributed by atoms with van der Waals surface area (Å²) < 4.78 is 8.01. The number of aryl methyl sites for hydroxylation is 1. The fraction of sp³-hybridized carbons (Fsp3) is 0.357. The Bertz CT molecular complexity index is 608. The minimum atomic E-state index is -0.491. The molecule has 0 fully saturated rings. The first-order chi connectivity index (χ1) is 8.28. The number of halogens is 1. The van der Waals surface area contributed by atoms with E-state index in [-0.39, 0.29) is 6.09 Å². The minimum Gasteiger partial charge on any atom is -0.443 e. The van der Waals surface area contributed by atoms with E-state index in [1.165, 1.54) is 0 Å². The Labute approximate surface area is 115 Å². The number of nitrogens with zero attached hydrogens (tertiary/aromatic N) is 1. The predicted octanol–water partition coefficient (Wildman–Crippen LogP) is 4.50. The molecule has 1 heterocycles. The normalized spacial score (nSPS) is 11.8. The zero-order valence-electron chi connectivity index (χ0n) is 11.0. The molecule has 0 atom stereocenters. The van der Waals surface area contributed by atoms with Gasteiger partial charge in [0.1, 0.15) is 5.60 Å². The third kappa shape index (κ3) is 2.58. The maximum Gasteiger partial charge on any atom is 0.419 e. The molecule has 1 aromatic heterocycles. The van der Waals surface area contributed by atoms with Crippen LogP contribution in [0.5, 0.6) is 0 Å². The SMILES string of the molecule is Cc1cc2cc(Br)ccc2n1C(=O)OC(C)(C)C. The molecule has 0 aliphatic rings. The number of hydrogen-bond donors (Lipinski definition) is 0. The minimum absolute atomic E-state index is 0.336. The molecule has 2 rings (SSSR count). The molecule has 0 aliphatic heterocycles. The second kappa shape index (κ2) is 4.43. The maximum absolute atomic E-state index is 12.2. The van der Waals surface area contributed by atoms with Crippen molar-refractivity contribution >= 4 is 32.9 Å². The predicted molar refractivity (Wildman–Crippen MR) is 76.0 cm³/mol. The Hall–Kier alpha value is -1.29. The number of hydrogen-bond acceptors (Lipinski definition) is 2. The average Bonchev–Trinajstić information content (AvgIpc) is 2.50. The van der Waals surface area contributed by atoms with Crippen molar-refractivity contribution < 1.29 is 9.53 Å². The maximum atomic E-state index is 12.2. The van der Waals surface area contributed by atoms with E-state index in [1.807, 2.05) is 52.0 Å². The van der Waals surface area contributed by atoms with E-state index < -0.39 is 5.60 Å². The van der Waals surface area contributed by atoms with Gasteiger partial charge in [-0.2, -0.15) is 0 Å². The molecule has 3 nitrogen and oxygen atoms in total. The van der Waals surface area contributed by atoms with E-state index in [2.05, 4.69) is 15.9 Å². The lowest BCUT2D eigenvalue weighted by atomic mass is 10.2. The molecule has 96 valence electrons. The standard InChI is InChI=1S/C14H16BrNO2/c1-9-7-10-8-11(15)5-6-12(10)16(9)13(17)18-14(2,3)4/h5-8H,1-4H3. The topological polar surface area (TPSA) is 31.2 Å². The van der Waals surface area contributed by atoms with Crippen LogP contribution in [0.3, 0.4) is 0 Å². The average molecular weight is 310 g/mol. The van der Waals surface area contributed by atoms with E-state index in [0.717, 1.165) is 21.1 Å². The number of ether oxygens (including phenoxy) is 1. The summed E-state index contributed by atoms with van der Waals surface area (Å²) in [4.78, 5) is 12.2. The molecule has 0 amide bonds. The molecular formula is C14H16BrNO2. The van der Waals surface area contributed by atoms with Crippen LogP contribution in [0.2, 0.25) is 0 Å². The molecule has 0 radical (unpaired) electrons. The molecule has 4 heteroatoms. The molecular weight excluding hydrogens is 294 g/mol. The van der Waals surface area contributed by atoms with Gasteiger partial charge in [-0.05, 0) is 52.0 Å².